The van der Waals surface area contributed by atoms with E-state index in [-0.39, 0.29) is 18.4 Å². The molecule has 0 radical (unpaired) electrons. The minimum absolute atomic E-state index is 0.0809. The largest absolute Gasteiger partial charge is 0.493 e. The van der Waals surface area contributed by atoms with Crippen LogP contribution in [0.5, 0.6) is 11.5 Å². The topological polar surface area (TPSA) is 95.2 Å². The van der Waals surface area contributed by atoms with Gasteiger partial charge in [0.15, 0.2) is 11.5 Å². The molecule has 0 aliphatic heterocycles. The molecule has 0 aromatic heterocycles. The van der Waals surface area contributed by atoms with Crippen LogP contribution >= 0.6 is 0 Å². The molecule has 0 heterocycles. The quantitative estimate of drug-likeness (QED) is 0.484. The highest BCUT2D eigenvalue weighted by Gasteiger charge is 2.07. The Kier molecular flexibility index (Phi) is 5.51. The number of methoxy groups -OCH3 is 1. The molecule has 2 aromatic carbocycles. The van der Waals surface area contributed by atoms with Crippen LogP contribution in [0.1, 0.15) is 11.1 Å². The Hall–Kier alpha value is -3.09. The van der Waals surface area contributed by atoms with Crippen molar-refractivity contribution in [1.29, 1.82) is 0 Å². The second-order valence-electron chi connectivity index (χ2n) is 4.56. The maximum atomic E-state index is 13.6. The lowest BCUT2D eigenvalue weighted by Gasteiger charge is -2.11. The summed E-state index contributed by atoms with van der Waals surface area (Å²) in [6, 6.07) is 11.6. The summed E-state index contributed by atoms with van der Waals surface area (Å²) in [5.41, 5.74) is 11.5. The van der Waals surface area contributed by atoms with Crippen LogP contribution in [-0.4, -0.2) is 19.3 Å². The lowest BCUT2D eigenvalue weighted by Crippen LogP contribution is -2.21. The third-order valence-corrected chi connectivity index (χ3v) is 2.91. The van der Waals surface area contributed by atoms with Gasteiger partial charge in [-0.2, -0.15) is 5.10 Å². The van der Waals surface area contributed by atoms with Gasteiger partial charge in [-0.25, -0.2) is 4.39 Å². The van der Waals surface area contributed by atoms with Gasteiger partial charge in [-0.3, -0.25) is 0 Å². The molecule has 0 atom stereocenters. The molecule has 0 bridgehead atoms. The molecule has 4 N–H and O–H groups in total. The Bertz CT molecular complexity index is 728. The van der Waals surface area contributed by atoms with Crippen LogP contribution in [0, 0.1) is 5.82 Å². The fourth-order valence-electron chi connectivity index (χ4n) is 1.82. The van der Waals surface area contributed by atoms with Crippen molar-refractivity contribution in [1.82, 2.24) is 0 Å². The summed E-state index contributed by atoms with van der Waals surface area (Å²) >= 11 is 0. The molecule has 0 amide bonds. The second kappa shape index (κ2) is 7.79. The number of hydrogen-bond donors (Lipinski definition) is 2. The van der Waals surface area contributed by atoms with Crippen molar-refractivity contribution in [3.63, 3.8) is 0 Å². The molecular weight excluding hydrogens is 299 g/mol. The highest BCUT2D eigenvalue weighted by molar-refractivity contribution is 5.82. The lowest BCUT2D eigenvalue weighted by molar-refractivity contribution is 0.279. The number of nitrogens with zero attached hydrogens (tertiary/aromatic N) is 2. The molecule has 2 rings (SSSR count). The van der Waals surface area contributed by atoms with Crippen LogP contribution in [0.15, 0.2) is 52.7 Å². The maximum absolute atomic E-state index is 13.6. The van der Waals surface area contributed by atoms with Crippen molar-refractivity contribution in [3.05, 3.63) is 59.4 Å². The van der Waals surface area contributed by atoms with Gasteiger partial charge < -0.3 is 20.9 Å². The van der Waals surface area contributed by atoms with Gasteiger partial charge >= 0.3 is 0 Å². The third-order valence-electron chi connectivity index (χ3n) is 2.91. The zero-order valence-corrected chi connectivity index (χ0v) is 12.6. The smallest absolute Gasteiger partial charge is 0.211 e. The first-order valence-corrected chi connectivity index (χ1v) is 6.76. The predicted molar refractivity (Wildman–Crippen MR) is 87.1 cm³/mol. The second-order valence-corrected chi connectivity index (χ2v) is 4.56. The number of halogens is 1. The van der Waals surface area contributed by atoms with Crippen LogP contribution < -0.4 is 20.9 Å². The van der Waals surface area contributed by atoms with E-state index < -0.39 is 0 Å². The summed E-state index contributed by atoms with van der Waals surface area (Å²) in [6.07, 6.45) is 1.47. The molecule has 23 heavy (non-hydrogen) atoms. The minimum atomic E-state index is -0.322. The Morgan fingerprint density at radius 3 is 2.65 bits per heavy atom. The van der Waals surface area contributed by atoms with Gasteiger partial charge in [-0.05, 0) is 29.8 Å². The van der Waals surface area contributed by atoms with Crippen molar-refractivity contribution >= 4 is 12.2 Å². The van der Waals surface area contributed by atoms with E-state index in [1.165, 1.54) is 19.4 Å². The highest BCUT2D eigenvalue weighted by atomic mass is 19.1. The van der Waals surface area contributed by atoms with Gasteiger partial charge in [0, 0.05) is 5.56 Å². The Labute approximate surface area is 133 Å². The van der Waals surface area contributed by atoms with Crippen molar-refractivity contribution in [2.24, 2.45) is 21.7 Å². The molecule has 0 aliphatic carbocycles. The molecule has 0 fully saturated rings. The number of ether oxygens (including phenoxy) is 2. The SMILES string of the molecule is COc1ccc(C=NN=C(N)N)cc1OCc1ccccc1F. The molecule has 0 spiro atoms. The standard InChI is InChI=1S/C16H17FN4O2/c1-22-14-7-6-11(9-20-21-16(18)19)8-15(14)23-10-12-4-2-3-5-13(12)17/h2-9H,10H2,1H3,(H4,18,19,21). The number of nitrogens with two attached hydrogens (primary N) is 2. The van der Waals surface area contributed by atoms with Gasteiger partial charge in [0.05, 0.1) is 13.3 Å². The van der Waals surface area contributed by atoms with Crippen LogP contribution in [0.2, 0.25) is 0 Å². The summed E-state index contributed by atoms with van der Waals surface area (Å²) in [4.78, 5) is 0. The first-order chi connectivity index (χ1) is 11.1. The zero-order chi connectivity index (χ0) is 16.7. The van der Waals surface area contributed by atoms with Crippen molar-refractivity contribution in [2.45, 2.75) is 6.61 Å². The normalized spacial score (nSPS) is 10.5. The number of guanidine groups is 1. The van der Waals surface area contributed by atoms with Crippen LogP contribution in [-0.2, 0) is 6.61 Å². The van der Waals surface area contributed by atoms with Crippen LogP contribution in [0.3, 0.4) is 0 Å². The molecule has 0 unspecified atom stereocenters. The van der Waals surface area contributed by atoms with E-state index in [1.807, 2.05) is 0 Å². The molecule has 6 nitrogen and oxygen atoms in total. The molecule has 0 aliphatic rings. The van der Waals surface area contributed by atoms with E-state index in [0.717, 1.165) is 0 Å². The van der Waals surface area contributed by atoms with Crippen molar-refractivity contribution < 1.29 is 13.9 Å². The Morgan fingerprint density at radius 1 is 1.17 bits per heavy atom. The summed E-state index contributed by atoms with van der Waals surface area (Å²) < 4.78 is 24.5. The number of rotatable bonds is 6. The minimum Gasteiger partial charge on any atom is -0.493 e. The van der Waals surface area contributed by atoms with Gasteiger partial charge in [0.1, 0.15) is 12.4 Å². The lowest BCUT2D eigenvalue weighted by atomic mass is 10.2. The van der Waals surface area contributed by atoms with E-state index in [4.69, 9.17) is 20.9 Å². The summed E-state index contributed by atoms with van der Waals surface area (Å²) in [5, 5.41) is 7.24. The van der Waals surface area contributed by atoms with E-state index in [0.29, 0.717) is 22.6 Å². The average molecular weight is 316 g/mol. The van der Waals surface area contributed by atoms with E-state index in [9.17, 15) is 4.39 Å². The Balaban J connectivity index is 2.17. The monoisotopic (exact) mass is 316 g/mol. The third kappa shape index (κ3) is 4.70. The summed E-state index contributed by atoms with van der Waals surface area (Å²) in [7, 11) is 1.53. The first kappa shape index (κ1) is 16.3. The fourth-order valence-corrected chi connectivity index (χ4v) is 1.82. The highest BCUT2D eigenvalue weighted by Crippen LogP contribution is 2.28. The van der Waals surface area contributed by atoms with E-state index in [2.05, 4.69) is 10.2 Å². The van der Waals surface area contributed by atoms with E-state index >= 15 is 0 Å². The molecule has 120 valence electrons. The first-order valence-electron chi connectivity index (χ1n) is 6.76. The van der Waals surface area contributed by atoms with E-state index in [1.54, 1.807) is 36.4 Å². The number of hydrogen-bond acceptors (Lipinski definition) is 4. The van der Waals surface area contributed by atoms with Gasteiger partial charge in [0.25, 0.3) is 0 Å². The van der Waals surface area contributed by atoms with Crippen molar-refractivity contribution in [2.75, 3.05) is 7.11 Å². The number of benzene rings is 2. The predicted octanol–water partition coefficient (Wildman–Crippen LogP) is 2.02. The molecule has 2 aromatic rings. The molecule has 0 saturated heterocycles. The van der Waals surface area contributed by atoms with Gasteiger partial charge in [0.2, 0.25) is 5.96 Å². The summed E-state index contributed by atoms with van der Waals surface area (Å²) in [5.74, 6) is 0.535. The Morgan fingerprint density at radius 2 is 1.96 bits per heavy atom. The maximum Gasteiger partial charge on any atom is 0.211 e. The van der Waals surface area contributed by atoms with Gasteiger partial charge in [-0.1, -0.05) is 18.2 Å². The van der Waals surface area contributed by atoms with Gasteiger partial charge in [-0.15, -0.1) is 5.10 Å². The molecule has 7 heteroatoms. The zero-order valence-electron chi connectivity index (χ0n) is 12.6. The van der Waals surface area contributed by atoms with Crippen LogP contribution in [0.25, 0.3) is 0 Å². The summed E-state index contributed by atoms with van der Waals surface area (Å²) in [6.45, 7) is 0.0809. The molecular formula is C16H17FN4O2. The fraction of sp³-hybridized carbons (Fsp3) is 0.125. The van der Waals surface area contributed by atoms with Crippen molar-refractivity contribution in [3.8, 4) is 11.5 Å². The average Bonchev–Trinajstić information content (AvgIpc) is 2.54. The van der Waals surface area contributed by atoms with Crippen LogP contribution in [0.4, 0.5) is 4.39 Å². The molecule has 0 saturated carbocycles.